The standard InChI is InChI=1S/C21H30N4O4/c1-4-28-20-14-19(21(29-5-2)13-17(20)22)24-23-18-7-6-16(12-15(18)3)25(8-10-26)9-11-27/h6-7,12-14,26-27H,4-5,8-11,22H2,1-3H3. The summed E-state index contributed by atoms with van der Waals surface area (Å²) >= 11 is 0. The monoisotopic (exact) mass is 402 g/mol. The van der Waals surface area contributed by atoms with Crippen molar-refractivity contribution < 1.29 is 19.7 Å². The molecule has 0 aliphatic rings. The number of rotatable bonds is 11. The smallest absolute Gasteiger partial charge is 0.149 e. The summed E-state index contributed by atoms with van der Waals surface area (Å²) in [6.45, 7) is 7.61. The van der Waals surface area contributed by atoms with Crippen LogP contribution in [0.15, 0.2) is 40.6 Å². The third kappa shape index (κ3) is 6.07. The Morgan fingerprint density at radius 1 is 0.897 bits per heavy atom. The number of hydrogen-bond donors (Lipinski definition) is 3. The van der Waals surface area contributed by atoms with Crippen molar-refractivity contribution in [2.24, 2.45) is 10.2 Å². The van der Waals surface area contributed by atoms with Crippen LogP contribution in [0.4, 0.5) is 22.7 Å². The minimum absolute atomic E-state index is 0.0139. The van der Waals surface area contributed by atoms with E-state index in [1.165, 1.54) is 0 Å². The van der Waals surface area contributed by atoms with Gasteiger partial charge in [-0.25, -0.2) is 0 Å². The van der Waals surface area contributed by atoms with Crippen LogP contribution in [0.25, 0.3) is 0 Å². The first-order valence-corrected chi connectivity index (χ1v) is 9.72. The summed E-state index contributed by atoms with van der Waals surface area (Å²) in [5.74, 6) is 1.09. The molecule has 0 fully saturated rings. The SMILES string of the molecule is CCOc1cc(N=Nc2ccc(N(CCO)CCO)cc2C)c(OCC)cc1N. The predicted octanol–water partition coefficient (Wildman–Crippen LogP) is 3.58. The van der Waals surface area contributed by atoms with E-state index in [0.717, 1.165) is 11.3 Å². The molecule has 0 saturated heterocycles. The van der Waals surface area contributed by atoms with E-state index in [-0.39, 0.29) is 13.2 Å². The molecule has 0 aromatic heterocycles. The Labute approximate surface area is 171 Å². The number of azo groups is 1. The zero-order chi connectivity index (χ0) is 21.2. The maximum atomic E-state index is 9.22. The van der Waals surface area contributed by atoms with Gasteiger partial charge in [-0.2, -0.15) is 5.11 Å². The Bertz CT molecular complexity index is 821. The van der Waals surface area contributed by atoms with Crippen LogP contribution in [0.2, 0.25) is 0 Å². The van der Waals surface area contributed by atoms with Gasteiger partial charge >= 0.3 is 0 Å². The molecule has 4 N–H and O–H groups in total. The van der Waals surface area contributed by atoms with E-state index in [1.54, 1.807) is 12.1 Å². The molecule has 0 saturated carbocycles. The van der Waals surface area contributed by atoms with Crippen LogP contribution >= 0.6 is 0 Å². The molecule has 0 spiro atoms. The zero-order valence-corrected chi connectivity index (χ0v) is 17.3. The molecule has 0 aliphatic carbocycles. The number of aryl methyl sites for hydroxylation is 1. The third-order valence-electron chi connectivity index (χ3n) is 4.24. The Morgan fingerprint density at radius 3 is 2.10 bits per heavy atom. The summed E-state index contributed by atoms with van der Waals surface area (Å²) in [5, 5.41) is 27.2. The topological polar surface area (TPSA) is 113 Å². The second-order valence-corrected chi connectivity index (χ2v) is 6.33. The van der Waals surface area contributed by atoms with Crippen molar-refractivity contribution in [1.82, 2.24) is 0 Å². The average Bonchev–Trinajstić information content (AvgIpc) is 2.70. The summed E-state index contributed by atoms with van der Waals surface area (Å²) in [6, 6.07) is 9.13. The lowest BCUT2D eigenvalue weighted by Crippen LogP contribution is -2.29. The Balaban J connectivity index is 2.32. The van der Waals surface area contributed by atoms with Gasteiger partial charge in [-0.05, 0) is 44.5 Å². The summed E-state index contributed by atoms with van der Waals surface area (Å²) < 4.78 is 11.2. The van der Waals surface area contributed by atoms with Crippen molar-refractivity contribution in [3.63, 3.8) is 0 Å². The quantitative estimate of drug-likeness (QED) is 0.391. The Kier molecular flexibility index (Phi) is 8.69. The minimum Gasteiger partial charge on any atom is -0.492 e. The number of nitrogen functional groups attached to an aromatic ring is 1. The second-order valence-electron chi connectivity index (χ2n) is 6.33. The molecule has 8 heteroatoms. The van der Waals surface area contributed by atoms with Gasteiger partial charge in [0.15, 0.2) is 0 Å². The van der Waals surface area contributed by atoms with Gasteiger partial charge in [-0.3, -0.25) is 0 Å². The summed E-state index contributed by atoms with van der Waals surface area (Å²) in [6.07, 6.45) is 0. The minimum atomic E-state index is 0.0139. The van der Waals surface area contributed by atoms with E-state index in [4.69, 9.17) is 15.2 Å². The van der Waals surface area contributed by atoms with E-state index in [0.29, 0.717) is 54.9 Å². The van der Waals surface area contributed by atoms with Gasteiger partial charge in [0.05, 0.1) is 37.8 Å². The fourth-order valence-corrected chi connectivity index (χ4v) is 2.86. The second kappa shape index (κ2) is 11.2. The van der Waals surface area contributed by atoms with Crippen LogP contribution in [-0.4, -0.2) is 49.7 Å². The molecule has 0 amide bonds. The van der Waals surface area contributed by atoms with Gasteiger partial charge < -0.3 is 30.3 Å². The lowest BCUT2D eigenvalue weighted by atomic mass is 10.1. The van der Waals surface area contributed by atoms with Gasteiger partial charge in [0.2, 0.25) is 0 Å². The summed E-state index contributed by atoms with van der Waals surface area (Å²) in [5.41, 5.74) is 9.58. The third-order valence-corrected chi connectivity index (χ3v) is 4.24. The van der Waals surface area contributed by atoms with Gasteiger partial charge in [0, 0.05) is 30.9 Å². The van der Waals surface area contributed by atoms with E-state index >= 15 is 0 Å². The maximum absolute atomic E-state index is 9.22. The highest BCUT2D eigenvalue weighted by Gasteiger charge is 2.11. The normalized spacial score (nSPS) is 11.1. The highest BCUT2D eigenvalue weighted by atomic mass is 16.5. The molecular formula is C21H30N4O4. The van der Waals surface area contributed by atoms with Gasteiger partial charge in [0.25, 0.3) is 0 Å². The largest absolute Gasteiger partial charge is 0.492 e. The van der Waals surface area contributed by atoms with Crippen molar-refractivity contribution in [3.8, 4) is 11.5 Å². The molecular weight excluding hydrogens is 372 g/mol. The maximum Gasteiger partial charge on any atom is 0.149 e. The molecule has 29 heavy (non-hydrogen) atoms. The molecule has 8 nitrogen and oxygen atoms in total. The first kappa shape index (κ1) is 22.4. The highest BCUT2D eigenvalue weighted by Crippen LogP contribution is 2.38. The fraction of sp³-hybridized carbons (Fsp3) is 0.429. The van der Waals surface area contributed by atoms with Crippen LogP contribution in [-0.2, 0) is 0 Å². The van der Waals surface area contributed by atoms with E-state index < -0.39 is 0 Å². The summed E-state index contributed by atoms with van der Waals surface area (Å²) in [7, 11) is 0. The van der Waals surface area contributed by atoms with Gasteiger partial charge in [-0.15, -0.1) is 5.11 Å². The van der Waals surface area contributed by atoms with Crippen molar-refractivity contribution >= 4 is 22.7 Å². The van der Waals surface area contributed by atoms with Gasteiger partial charge in [-0.1, -0.05) is 0 Å². The van der Waals surface area contributed by atoms with E-state index in [2.05, 4.69) is 10.2 Å². The molecule has 0 aliphatic heterocycles. The molecule has 0 radical (unpaired) electrons. The lowest BCUT2D eigenvalue weighted by molar-refractivity contribution is 0.281. The van der Waals surface area contributed by atoms with Crippen molar-refractivity contribution in [2.75, 3.05) is 50.2 Å². The first-order chi connectivity index (χ1) is 14.0. The van der Waals surface area contributed by atoms with Crippen LogP contribution in [0.3, 0.4) is 0 Å². The Hall–Kier alpha value is -2.84. The van der Waals surface area contributed by atoms with Gasteiger partial charge in [0.1, 0.15) is 17.2 Å². The first-order valence-electron chi connectivity index (χ1n) is 9.72. The lowest BCUT2D eigenvalue weighted by Gasteiger charge is -2.23. The predicted molar refractivity (Wildman–Crippen MR) is 115 cm³/mol. The number of aliphatic hydroxyl groups excluding tert-OH is 2. The number of aliphatic hydroxyl groups is 2. The van der Waals surface area contributed by atoms with E-state index in [1.807, 2.05) is 43.9 Å². The summed E-state index contributed by atoms with van der Waals surface area (Å²) in [4.78, 5) is 1.91. The number of nitrogens with two attached hydrogens (primary N) is 1. The number of benzene rings is 2. The molecule has 2 aromatic rings. The van der Waals surface area contributed by atoms with Crippen LogP contribution in [0, 0.1) is 6.92 Å². The van der Waals surface area contributed by atoms with Crippen LogP contribution in [0.1, 0.15) is 19.4 Å². The molecule has 158 valence electrons. The van der Waals surface area contributed by atoms with Crippen molar-refractivity contribution in [1.29, 1.82) is 0 Å². The van der Waals surface area contributed by atoms with Crippen molar-refractivity contribution in [3.05, 3.63) is 35.9 Å². The highest BCUT2D eigenvalue weighted by molar-refractivity contribution is 5.67. The number of hydrogen-bond acceptors (Lipinski definition) is 8. The molecule has 0 atom stereocenters. The fourth-order valence-electron chi connectivity index (χ4n) is 2.86. The number of ether oxygens (including phenoxy) is 2. The molecule has 2 rings (SSSR count). The van der Waals surface area contributed by atoms with E-state index in [9.17, 15) is 10.2 Å². The zero-order valence-electron chi connectivity index (χ0n) is 17.3. The molecule has 0 bridgehead atoms. The van der Waals surface area contributed by atoms with Crippen molar-refractivity contribution in [2.45, 2.75) is 20.8 Å². The van der Waals surface area contributed by atoms with Crippen LogP contribution < -0.4 is 20.1 Å². The number of nitrogens with zero attached hydrogens (tertiary/aromatic N) is 3. The molecule has 2 aromatic carbocycles. The Morgan fingerprint density at radius 2 is 1.52 bits per heavy atom. The molecule has 0 heterocycles. The van der Waals surface area contributed by atoms with Crippen LogP contribution in [0.5, 0.6) is 11.5 Å². The average molecular weight is 402 g/mol. The number of anilines is 2. The molecule has 0 unspecified atom stereocenters.